The zero-order valence-electron chi connectivity index (χ0n) is 17.1. The van der Waals surface area contributed by atoms with Crippen LogP contribution in [-0.2, 0) is 21.8 Å². The molecule has 1 N–H and O–H groups in total. The van der Waals surface area contributed by atoms with Crippen molar-refractivity contribution in [1.29, 1.82) is 0 Å². The summed E-state index contributed by atoms with van der Waals surface area (Å²) in [6.07, 6.45) is 3.35. The van der Waals surface area contributed by atoms with Gasteiger partial charge in [-0.25, -0.2) is 18.2 Å². The van der Waals surface area contributed by atoms with Gasteiger partial charge in [-0.15, -0.1) is 0 Å². The largest absolute Gasteiger partial charge is 0.497 e. The van der Waals surface area contributed by atoms with Crippen LogP contribution in [0.2, 0.25) is 0 Å². The number of methoxy groups -OCH3 is 2. The molecule has 0 amide bonds. The molecule has 9 heteroatoms. The van der Waals surface area contributed by atoms with Gasteiger partial charge < -0.3 is 14.0 Å². The van der Waals surface area contributed by atoms with Crippen LogP contribution in [0.5, 0.6) is 5.75 Å². The van der Waals surface area contributed by atoms with Crippen molar-refractivity contribution in [2.75, 3.05) is 14.2 Å². The van der Waals surface area contributed by atoms with Crippen LogP contribution in [0.1, 0.15) is 33.4 Å². The SMILES string of the molecule is COC(=O)c1ccc(S(=O)(=O)NC(c2cccc(OC)c2)c2nccn2C)c(C)c1. The highest BCUT2D eigenvalue weighted by molar-refractivity contribution is 7.89. The molecule has 1 aromatic heterocycles. The van der Waals surface area contributed by atoms with E-state index in [2.05, 4.69) is 9.71 Å². The van der Waals surface area contributed by atoms with Crippen molar-refractivity contribution in [2.45, 2.75) is 17.9 Å². The number of ether oxygens (including phenoxy) is 2. The lowest BCUT2D eigenvalue weighted by Gasteiger charge is -2.20. The van der Waals surface area contributed by atoms with Gasteiger partial charge in [-0.05, 0) is 48.4 Å². The summed E-state index contributed by atoms with van der Waals surface area (Å²) in [6.45, 7) is 1.63. The van der Waals surface area contributed by atoms with E-state index in [-0.39, 0.29) is 10.5 Å². The third-order valence-electron chi connectivity index (χ3n) is 4.70. The highest BCUT2D eigenvalue weighted by Crippen LogP contribution is 2.27. The van der Waals surface area contributed by atoms with Crippen molar-refractivity contribution >= 4 is 16.0 Å². The summed E-state index contributed by atoms with van der Waals surface area (Å²) in [7, 11) is 0.666. The number of benzene rings is 2. The van der Waals surface area contributed by atoms with Gasteiger partial charge >= 0.3 is 5.97 Å². The Labute approximate surface area is 175 Å². The molecule has 8 nitrogen and oxygen atoms in total. The quantitative estimate of drug-likeness (QED) is 0.580. The summed E-state index contributed by atoms with van der Waals surface area (Å²) in [4.78, 5) is 16.1. The van der Waals surface area contributed by atoms with Crippen LogP contribution < -0.4 is 9.46 Å². The second-order valence-corrected chi connectivity index (χ2v) is 8.38. The van der Waals surface area contributed by atoms with Crippen molar-refractivity contribution < 1.29 is 22.7 Å². The Bertz CT molecular complexity index is 1170. The number of hydrogen-bond acceptors (Lipinski definition) is 6. The van der Waals surface area contributed by atoms with Gasteiger partial charge in [-0.3, -0.25) is 0 Å². The number of imidazole rings is 1. The molecule has 0 aliphatic heterocycles. The van der Waals surface area contributed by atoms with E-state index in [4.69, 9.17) is 9.47 Å². The average molecular weight is 429 g/mol. The molecule has 0 saturated carbocycles. The van der Waals surface area contributed by atoms with E-state index < -0.39 is 22.0 Å². The third-order valence-corrected chi connectivity index (χ3v) is 6.29. The number of esters is 1. The lowest BCUT2D eigenvalue weighted by atomic mass is 10.1. The fourth-order valence-corrected chi connectivity index (χ4v) is 4.57. The zero-order valence-corrected chi connectivity index (χ0v) is 17.9. The maximum absolute atomic E-state index is 13.3. The molecule has 3 rings (SSSR count). The van der Waals surface area contributed by atoms with Crippen molar-refractivity contribution in [1.82, 2.24) is 14.3 Å². The second-order valence-electron chi connectivity index (χ2n) is 6.70. The van der Waals surface area contributed by atoms with E-state index in [1.165, 1.54) is 25.3 Å². The average Bonchev–Trinajstić information content (AvgIpc) is 3.16. The van der Waals surface area contributed by atoms with Crippen LogP contribution in [0.3, 0.4) is 0 Å². The van der Waals surface area contributed by atoms with Crippen molar-refractivity contribution in [3.05, 3.63) is 77.4 Å². The van der Waals surface area contributed by atoms with Gasteiger partial charge in [0.15, 0.2) is 0 Å². The fourth-order valence-electron chi connectivity index (χ4n) is 3.16. The minimum Gasteiger partial charge on any atom is -0.497 e. The van der Waals surface area contributed by atoms with Crippen LogP contribution in [0.25, 0.3) is 0 Å². The Kier molecular flexibility index (Phi) is 6.23. The number of nitrogens with one attached hydrogen (secondary N) is 1. The minimum atomic E-state index is -3.95. The molecule has 0 fully saturated rings. The van der Waals surface area contributed by atoms with E-state index in [1.54, 1.807) is 62.3 Å². The Morgan fingerprint density at radius 2 is 1.93 bits per heavy atom. The number of rotatable bonds is 7. The first-order valence-corrected chi connectivity index (χ1v) is 10.6. The molecule has 3 aromatic rings. The zero-order chi connectivity index (χ0) is 21.9. The topological polar surface area (TPSA) is 99.5 Å². The summed E-state index contributed by atoms with van der Waals surface area (Å²) in [6, 6.07) is 10.7. The predicted octanol–water partition coefficient (Wildman–Crippen LogP) is 2.59. The highest BCUT2D eigenvalue weighted by Gasteiger charge is 2.27. The standard InChI is InChI=1S/C21H23N3O5S/c1-14-12-16(21(25)29-4)8-9-18(14)30(26,27)23-19(20-22-10-11-24(20)2)15-6-5-7-17(13-15)28-3/h5-13,19,23H,1-4H3. The van der Waals surface area contributed by atoms with Crippen LogP contribution in [0.4, 0.5) is 0 Å². The Morgan fingerprint density at radius 1 is 1.17 bits per heavy atom. The molecular formula is C21H23N3O5S. The number of nitrogens with zero attached hydrogens (tertiary/aromatic N) is 2. The van der Waals surface area contributed by atoms with Crippen molar-refractivity contribution in [3.63, 3.8) is 0 Å². The van der Waals surface area contributed by atoms with Crippen LogP contribution in [0.15, 0.2) is 59.8 Å². The summed E-state index contributed by atoms with van der Waals surface area (Å²) in [5, 5.41) is 0. The highest BCUT2D eigenvalue weighted by atomic mass is 32.2. The molecule has 0 aliphatic rings. The summed E-state index contributed by atoms with van der Waals surface area (Å²) < 4.78 is 41.0. The molecule has 0 radical (unpaired) electrons. The summed E-state index contributed by atoms with van der Waals surface area (Å²) in [5.41, 5.74) is 1.38. The molecule has 0 aliphatic carbocycles. The van der Waals surface area contributed by atoms with E-state index >= 15 is 0 Å². The first-order valence-electron chi connectivity index (χ1n) is 9.09. The third kappa shape index (κ3) is 4.37. The van der Waals surface area contributed by atoms with E-state index in [0.29, 0.717) is 22.7 Å². The molecule has 1 unspecified atom stereocenters. The van der Waals surface area contributed by atoms with Gasteiger partial charge in [-0.1, -0.05) is 12.1 Å². The van der Waals surface area contributed by atoms with Crippen molar-refractivity contribution in [2.24, 2.45) is 7.05 Å². The van der Waals surface area contributed by atoms with Gasteiger partial charge in [-0.2, -0.15) is 4.72 Å². The second kappa shape index (κ2) is 8.68. The van der Waals surface area contributed by atoms with E-state index in [0.717, 1.165) is 0 Å². The Balaban J connectivity index is 2.04. The Morgan fingerprint density at radius 3 is 2.53 bits per heavy atom. The Hall–Kier alpha value is -3.17. The van der Waals surface area contributed by atoms with Gasteiger partial charge in [0.1, 0.15) is 17.6 Å². The lowest BCUT2D eigenvalue weighted by Crippen LogP contribution is -2.31. The van der Waals surface area contributed by atoms with E-state index in [9.17, 15) is 13.2 Å². The van der Waals surface area contributed by atoms with Crippen LogP contribution in [-0.4, -0.2) is 38.2 Å². The van der Waals surface area contributed by atoms with Crippen LogP contribution >= 0.6 is 0 Å². The number of aromatic nitrogens is 2. The van der Waals surface area contributed by atoms with Gasteiger partial charge in [0.2, 0.25) is 10.0 Å². The first-order chi connectivity index (χ1) is 14.3. The van der Waals surface area contributed by atoms with E-state index in [1.807, 2.05) is 0 Å². The number of carbonyl (C=O) groups is 1. The molecule has 0 bridgehead atoms. The predicted molar refractivity (Wildman–Crippen MR) is 111 cm³/mol. The number of sulfonamides is 1. The summed E-state index contributed by atoms with van der Waals surface area (Å²) in [5.74, 6) is 0.595. The molecule has 1 heterocycles. The first kappa shape index (κ1) is 21.5. The van der Waals surface area contributed by atoms with Gasteiger partial charge in [0, 0.05) is 19.4 Å². The molecule has 158 valence electrons. The smallest absolute Gasteiger partial charge is 0.337 e. The normalized spacial score (nSPS) is 12.4. The maximum Gasteiger partial charge on any atom is 0.337 e. The number of hydrogen-bond donors (Lipinski definition) is 1. The van der Waals surface area contributed by atoms with Gasteiger partial charge in [0.25, 0.3) is 0 Å². The monoisotopic (exact) mass is 429 g/mol. The van der Waals surface area contributed by atoms with Crippen LogP contribution in [0, 0.1) is 6.92 Å². The molecule has 0 spiro atoms. The molecule has 0 saturated heterocycles. The molecule has 2 aromatic carbocycles. The maximum atomic E-state index is 13.3. The van der Waals surface area contributed by atoms with Gasteiger partial charge in [0.05, 0.1) is 24.7 Å². The number of aryl methyl sites for hydroxylation is 2. The molecular weight excluding hydrogens is 406 g/mol. The molecule has 30 heavy (non-hydrogen) atoms. The fraction of sp³-hybridized carbons (Fsp3) is 0.238. The summed E-state index contributed by atoms with van der Waals surface area (Å²) >= 11 is 0. The minimum absolute atomic E-state index is 0.0669. The number of carbonyl (C=O) groups excluding carboxylic acids is 1. The molecule has 1 atom stereocenters. The lowest BCUT2D eigenvalue weighted by molar-refractivity contribution is 0.0600. The van der Waals surface area contributed by atoms with Crippen molar-refractivity contribution in [3.8, 4) is 5.75 Å².